The summed E-state index contributed by atoms with van der Waals surface area (Å²) < 4.78 is 5.10. The number of hydrogen-bond acceptors (Lipinski definition) is 6. The van der Waals surface area contributed by atoms with Gasteiger partial charge < -0.3 is 15.1 Å². The van der Waals surface area contributed by atoms with Gasteiger partial charge in [0.25, 0.3) is 0 Å². The summed E-state index contributed by atoms with van der Waals surface area (Å²) in [6.45, 7) is 7.23. The normalized spacial score (nSPS) is 11.4. The maximum Gasteiger partial charge on any atom is 0.306 e. The Balaban J connectivity index is 2.17. The monoisotopic (exact) mass is 394 g/mol. The molecule has 7 heteroatoms. The van der Waals surface area contributed by atoms with Crippen LogP contribution in [0.2, 0.25) is 0 Å². The van der Waals surface area contributed by atoms with E-state index in [1.54, 1.807) is 35.4 Å². The third-order valence-electron chi connectivity index (χ3n) is 3.65. The van der Waals surface area contributed by atoms with E-state index in [2.05, 4.69) is 16.8 Å². The van der Waals surface area contributed by atoms with E-state index in [0.29, 0.717) is 17.8 Å². The molecule has 0 aromatic carbocycles. The molecule has 0 aliphatic rings. The second-order valence-electron chi connectivity index (χ2n) is 6.03. The molecule has 0 spiro atoms. The van der Waals surface area contributed by atoms with Gasteiger partial charge in [0, 0.05) is 40.8 Å². The van der Waals surface area contributed by atoms with Crippen LogP contribution in [0.3, 0.4) is 0 Å². The Morgan fingerprint density at radius 2 is 2.08 bits per heavy atom. The molecular formula is C19H26N2O3S2. The SMILES string of the molecule is CC(=N)c1cc(C#CCOC(=O)CCCSSCC(C)C(C)=O)[nH]c1C. The molecule has 1 unspecified atom stereocenters. The van der Waals surface area contributed by atoms with Crippen molar-refractivity contribution in [2.75, 3.05) is 18.1 Å². The molecule has 5 nitrogen and oxygen atoms in total. The molecule has 26 heavy (non-hydrogen) atoms. The molecule has 1 atom stereocenters. The van der Waals surface area contributed by atoms with E-state index in [9.17, 15) is 9.59 Å². The summed E-state index contributed by atoms with van der Waals surface area (Å²) in [4.78, 5) is 25.9. The van der Waals surface area contributed by atoms with Crippen molar-refractivity contribution in [3.05, 3.63) is 23.0 Å². The van der Waals surface area contributed by atoms with Gasteiger partial charge in [0.05, 0.1) is 5.69 Å². The topological polar surface area (TPSA) is 83.0 Å². The van der Waals surface area contributed by atoms with Crippen molar-refractivity contribution in [3.8, 4) is 11.8 Å². The van der Waals surface area contributed by atoms with Gasteiger partial charge >= 0.3 is 5.97 Å². The molecule has 1 aromatic rings. The fourth-order valence-corrected chi connectivity index (χ4v) is 4.46. The van der Waals surface area contributed by atoms with Crippen LogP contribution in [0.15, 0.2) is 6.07 Å². The standard InChI is InChI=1S/C19H26N2O3S2/c1-13(16(4)22)12-26-25-10-6-8-19(23)24-9-5-7-17-11-18(14(2)20)15(3)21-17/h11,13,20-21H,6,8-10,12H2,1-4H3. The van der Waals surface area contributed by atoms with E-state index in [4.69, 9.17) is 10.1 Å². The van der Waals surface area contributed by atoms with Crippen molar-refractivity contribution in [2.45, 2.75) is 40.5 Å². The van der Waals surface area contributed by atoms with Crippen molar-refractivity contribution in [3.63, 3.8) is 0 Å². The van der Waals surface area contributed by atoms with Gasteiger partial charge in [-0.3, -0.25) is 9.59 Å². The maximum atomic E-state index is 11.6. The zero-order valence-corrected chi connectivity index (χ0v) is 17.4. The summed E-state index contributed by atoms with van der Waals surface area (Å²) in [5.41, 5.74) is 2.96. The van der Waals surface area contributed by atoms with Gasteiger partial charge in [-0.25, -0.2) is 0 Å². The van der Waals surface area contributed by atoms with Gasteiger partial charge in [0.2, 0.25) is 0 Å². The number of rotatable bonds is 10. The number of H-pyrrole nitrogens is 1. The number of aromatic amines is 1. The first-order valence-corrected chi connectivity index (χ1v) is 10.9. The Kier molecular flexibility index (Phi) is 10.2. The lowest BCUT2D eigenvalue weighted by Gasteiger charge is -2.05. The molecule has 0 aliphatic heterocycles. The van der Waals surface area contributed by atoms with E-state index >= 15 is 0 Å². The summed E-state index contributed by atoms with van der Waals surface area (Å²) in [7, 11) is 3.35. The molecule has 0 fully saturated rings. The van der Waals surface area contributed by atoms with Crippen molar-refractivity contribution in [2.24, 2.45) is 5.92 Å². The number of ether oxygens (including phenoxy) is 1. The number of aromatic nitrogens is 1. The lowest BCUT2D eigenvalue weighted by Crippen LogP contribution is -2.08. The lowest BCUT2D eigenvalue weighted by molar-refractivity contribution is -0.142. The molecular weight excluding hydrogens is 368 g/mol. The Hall–Kier alpha value is -1.65. The molecule has 0 amide bonds. The fourth-order valence-electron chi connectivity index (χ4n) is 1.94. The van der Waals surface area contributed by atoms with Gasteiger partial charge in [-0.05, 0) is 39.2 Å². The van der Waals surface area contributed by atoms with Crippen LogP contribution >= 0.6 is 21.6 Å². The van der Waals surface area contributed by atoms with Crippen LogP contribution < -0.4 is 0 Å². The first-order valence-electron chi connectivity index (χ1n) is 8.45. The number of carbonyl (C=O) groups excluding carboxylic acids is 2. The average molecular weight is 395 g/mol. The zero-order chi connectivity index (χ0) is 19.5. The second-order valence-corrected chi connectivity index (χ2v) is 8.66. The fraction of sp³-hybridized carbons (Fsp3) is 0.526. The van der Waals surface area contributed by atoms with Crippen LogP contribution in [-0.4, -0.2) is 40.6 Å². The summed E-state index contributed by atoms with van der Waals surface area (Å²) in [6.07, 6.45) is 1.12. The number of Topliss-reactive ketones (excluding diaryl/α,β-unsaturated/α-hetero) is 1. The van der Waals surface area contributed by atoms with E-state index in [1.165, 1.54) is 0 Å². The summed E-state index contributed by atoms with van der Waals surface area (Å²) in [5.74, 6) is 7.41. The molecule has 1 rings (SSSR count). The minimum absolute atomic E-state index is 0.0633. The first-order chi connectivity index (χ1) is 12.3. The zero-order valence-electron chi connectivity index (χ0n) is 15.7. The average Bonchev–Trinajstić information content (AvgIpc) is 2.95. The van der Waals surface area contributed by atoms with E-state index in [0.717, 1.165) is 29.2 Å². The molecule has 1 heterocycles. The van der Waals surface area contributed by atoms with E-state index in [-0.39, 0.29) is 24.3 Å². The quantitative estimate of drug-likeness (QED) is 0.206. The van der Waals surface area contributed by atoms with Gasteiger partial charge in [0.15, 0.2) is 6.61 Å². The van der Waals surface area contributed by atoms with Crippen molar-refractivity contribution in [1.82, 2.24) is 4.98 Å². The minimum atomic E-state index is -0.249. The van der Waals surface area contributed by atoms with Gasteiger partial charge in [-0.15, -0.1) is 0 Å². The summed E-state index contributed by atoms with van der Waals surface area (Å²) in [5, 5.41) is 7.65. The van der Waals surface area contributed by atoms with Crippen LogP contribution in [0.1, 0.15) is 50.6 Å². The highest BCUT2D eigenvalue weighted by molar-refractivity contribution is 8.76. The smallest absolute Gasteiger partial charge is 0.306 e. The number of ketones is 1. The molecule has 0 saturated heterocycles. The van der Waals surface area contributed by atoms with Crippen LogP contribution in [0.25, 0.3) is 0 Å². The summed E-state index contributed by atoms with van der Waals surface area (Å²) in [6, 6.07) is 1.83. The second kappa shape index (κ2) is 11.9. The van der Waals surface area contributed by atoms with Gasteiger partial charge in [-0.2, -0.15) is 0 Å². The Morgan fingerprint density at radius 1 is 1.35 bits per heavy atom. The number of aryl methyl sites for hydroxylation is 1. The predicted molar refractivity (Wildman–Crippen MR) is 110 cm³/mol. The van der Waals surface area contributed by atoms with Crippen LogP contribution in [0, 0.1) is 30.1 Å². The molecule has 0 radical (unpaired) electrons. The van der Waals surface area contributed by atoms with E-state index < -0.39 is 0 Å². The van der Waals surface area contributed by atoms with E-state index in [1.807, 2.05) is 19.9 Å². The molecule has 142 valence electrons. The Labute approximate surface area is 163 Å². The maximum absolute atomic E-state index is 11.6. The van der Waals surface area contributed by atoms with Crippen LogP contribution in [0.5, 0.6) is 0 Å². The number of nitrogens with one attached hydrogen (secondary N) is 2. The third-order valence-corrected chi connectivity index (χ3v) is 6.32. The van der Waals surface area contributed by atoms with Crippen LogP contribution in [-0.2, 0) is 14.3 Å². The number of esters is 1. The molecule has 1 aromatic heterocycles. The predicted octanol–water partition coefficient (Wildman–Crippen LogP) is 3.99. The molecule has 0 aliphatic carbocycles. The van der Waals surface area contributed by atoms with Crippen molar-refractivity contribution in [1.29, 1.82) is 5.41 Å². The number of hydrogen-bond donors (Lipinski definition) is 2. The molecule has 2 N–H and O–H groups in total. The number of carbonyl (C=O) groups is 2. The lowest BCUT2D eigenvalue weighted by atomic mass is 10.1. The van der Waals surface area contributed by atoms with Crippen molar-refractivity contribution >= 4 is 39.1 Å². The minimum Gasteiger partial charge on any atom is -0.452 e. The highest BCUT2D eigenvalue weighted by atomic mass is 33.1. The highest BCUT2D eigenvalue weighted by Gasteiger charge is 2.08. The summed E-state index contributed by atoms with van der Waals surface area (Å²) >= 11 is 0. The highest BCUT2D eigenvalue weighted by Crippen LogP contribution is 2.25. The van der Waals surface area contributed by atoms with Gasteiger partial charge in [-0.1, -0.05) is 34.4 Å². The molecule has 0 bridgehead atoms. The van der Waals surface area contributed by atoms with Crippen LogP contribution in [0.4, 0.5) is 0 Å². The van der Waals surface area contributed by atoms with Crippen molar-refractivity contribution < 1.29 is 14.3 Å². The molecule has 0 saturated carbocycles. The largest absolute Gasteiger partial charge is 0.452 e. The third kappa shape index (κ3) is 8.63. The Bertz CT molecular complexity index is 701. The van der Waals surface area contributed by atoms with Gasteiger partial charge in [0.1, 0.15) is 5.78 Å². The first kappa shape index (κ1) is 22.4. The Morgan fingerprint density at radius 3 is 2.69 bits per heavy atom.